The molecule has 0 unspecified atom stereocenters. The average molecular weight is 237 g/mol. The fourth-order valence-electron chi connectivity index (χ4n) is 1.87. The zero-order valence-electron chi connectivity index (χ0n) is 9.86. The summed E-state index contributed by atoms with van der Waals surface area (Å²) in [6.07, 6.45) is 0.341. The highest BCUT2D eigenvalue weighted by Gasteiger charge is 2.23. The molecule has 5 nitrogen and oxygen atoms in total. The van der Waals surface area contributed by atoms with Crippen molar-refractivity contribution in [2.24, 2.45) is 0 Å². The molecule has 5 heteroatoms. The Kier molecular flexibility index (Phi) is 3.37. The summed E-state index contributed by atoms with van der Waals surface area (Å²) in [7, 11) is 3.20. The lowest BCUT2D eigenvalue weighted by Gasteiger charge is -2.25. The Labute approximate surface area is 99.7 Å². The lowest BCUT2D eigenvalue weighted by molar-refractivity contribution is 0.115. The second kappa shape index (κ2) is 4.95. The molecule has 0 saturated carbocycles. The van der Waals surface area contributed by atoms with E-state index in [1.807, 2.05) is 12.1 Å². The van der Waals surface area contributed by atoms with Crippen molar-refractivity contribution in [1.29, 1.82) is 0 Å². The molecule has 0 bridgehead atoms. The average Bonchev–Trinajstić information content (AvgIpc) is 2.38. The van der Waals surface area contributed by atoms with Gasteiger partial charge in [0.25, 0.3) is 0 Å². The molecule has 1 fully saturated rings. The van der Waals surface area contributed by atoms with Crippen LogP contribution in [-0.2, 0) is 4.74 Å². The molecule has 17 heavy (non-hydrogen) atoms. The van der Waals surface area contributed by atoms with Crippen molar-refractivity contribution in [3.63, 3.8) is 0 Å². The molecule has 92 valence electrons. The van der Waals surface area contributed by atoms with E-state index in [0.29, 0.717) is 12.4 Å². The molecule has 0 aromatic heterocycles. The van der Waals surface area contributed by atoms with Gasteiger partial charge in [0, 0.05) is 18.1 Å². The van der Waals surface area contributed by atoms with Gasteiger partial charge in [-0.05, 0) is 12.1 Å². The lowest BCUT2D eigenvalue weighted by atomic mass is 10.0. The number of benzene rings is 1. The molecular formula is C12H15NO4. The minimum Gasteiger partial charge on any atom is -0.497 e. The summed E-state index contributed by atoms with van der Waals surface area (Å²) >= 11 is 0. The molecule has 1 N–H and O–H groups in total. The maximum atomic E-state index is 11.2. The van der Waals surface area contributed by atoms with Crippen molar-refractivity contribution in [1.82, 2.24) is 5.32 Å². The Bertz CT molecular complexity index is 419. The number of hydrogen-bond donors (Lipinski definition) is 1. The van der Waals surface area contributed by atoms with Gasteiger partial charge < -0.3 is 19.5 Å². The molecular weight excluding hydrogens is 222 g/mol. The largest absolute Gasteiger partial charge is 0.497 e. The highest BCUT2D eigenvalue weighted by molar-refractivity contribution is 5.69. The summed E-state index contributed by atoms with van der Waals surface area (Å²) in [6.45, 7) is 0.422. The van der Waals surface area contributed by atoms with Crippen molar-refractivity contribution < 1.29 is 19.0 Å². The summed E-state index contributed by atoms with van der Waals surface area (Å²) < 4.78 is 15.3. The molecule has 0 radical (unpaired) electrons. The Balaban J connectivity index is 2.27. The molecule has 1 aliphatic heterocycles. The van der Waals surface area contributed by atoms with Crippen LogP contribution in [0.3, 0.4) is 0 Å². The fourth-order valence-corrected chi connectivity index (χ4v) is 1.87. The lowest BCUT2D eigenvalue weighted by Crippen LogP contribution is -2.35. The first-order valence-electron chi connectivity index (χ1n) is 5.40. The van der Waals surface area contributed by atoms with Crippen LogP contribution in [0.4, 0.5) is 4.79 Å². The van der Waals surface area contributed by atoms with E-state index in [9.17, 15) is 4.79 Å². The SMILES string of the molecule is COc1ccc([C@@H]2CCOC(=O)N2)c(OC)c1. The topological polar surface area (TPSA) is 56.8 Å². The van der Waals surface area contributed by atoms with Crippen LogP contribution in [0.2, 0.25) is 0 Å². The summed E-state index contributed by atoms with van der Waals surface area (Å²) in [6, 6.07) is 5.47. The highest BCUT2D eigenvalue weighted by atomic mass is 16.6. The van der Waals surface area contributed by atoms with Crippen LogP contribution in [0.25, 0.3) is 0 Å². The second-order valence-corrected chi connectivity index (χ2v) is 3.73. The van der Waals surface area contributed by atoms with E-state index in [-0.39, 0.29) is 12.1 Å². The third-order valence-electron chi connectivity index (χ3n) is 2.75. The van der Waals surface area contributed by atoms with Gasteiger partial charge in [0.2, 0.25) is 0 Å². The van der Waals surface area contributed by atoms with E-state index in [4.69, 9.17) is 14.2 Å². The molecule has 1 saturated heterocycles. The van der Waals surface area contributed by atoms with E-state index in [0.717, 1.165) is 17.7 Å². The van der Waals surface area contributed by atoms with Gasteiger partial charge in [-0.1, -0.05) is 0 Å². The van der Waals surface area contributed by atoms with E-state index in [1.54, 1.807) is 20.3 Å². The van der Waals surface area contributed by atoms with Crippen LogP contribution in [0.15, 0.2) is 18.2 Å². The Hall–Kier alpha value is -1.91. The number of ether oxygens (including phenoxy) is 3. The molecule has 1 aromatic rings. The summed E-state index contributed by atoms with van der Waals surface area (Å²) in [5.74, 6) is 1.43. The third kappa shape index (κ3) is 2.43. The number of rotatable bonds is 3. The minimum atomic E-state index is -0.390. The molecule has 1 aliphatic rings. The van der Waals surface area contributed by atoms with E-state index < -0.39 is 0 Å². The molecule has 2 rings (SSSR count). The number of nitrogens with one attached hydrogen (secondary N) is 1. The third-order valence-corrected chi connectivity index (χ3v) is 2.75. The normalized spacial score (nSPS) is 19.2. The number of hydrogen-bond acceptors (Lipinski definition) is 4. The van der Waals surface area contributed by atoms with E-state index in [2.05, 4.69) is 5.32 Å². The Morgan fingerprint density at radius 3 is 2.82 bits per heavy atom. The first kappa shape index (κ1) is 11.6. The fraction of sp³-hybridized carbons (Fsp3) is 0.417. The van der Waals surface area contributed by atoms with E-state index >= 15 is 0 Å². The maximum Gasteiger partial charge on any atom is 0.407 e. The van der Waals surface area contributed by atoms with Gasteiger partial charge in [-0.2, -0.15) is 0 Å². The van der Waals surface area contributed by atoms with Crippen molar-refractivity contribution in [3.8, 4) is 11.5 Å². The monoisotopic (exact) mass is 237 g/mol. The van der Waals surface area contributed by atoms with Crippen LogP contribution in [0.5, 0.6) is 11.5 Å². The Morgan fingerprint density at radius 1 is 1.35 bits per heavy atom. The maximum absolute atomic E-state index is 11.2. The smallest absolute Gasteiger partial charge is 0.407 e. The van der Waals surface area contributed by atoms with Crippen LogP contribution < -0.4 is 14.8 Å². The van der Waals surface area contributed by atoms with Gasteiger partial charge in [0.05, 0.1) is 26.9 Å². The highest BCUT2D eigenvalue weighted by Crippen LogP contribution is 2.32. The first-order chi connectivity index (χ1) is 8.24. The van der Waals surface area contributed by atoms with Gasteiger partial charge in [0.1, 0.15) is 11.5 Å². The summed E-state index contributed by atoms with van der Waals surface area (Å²) in [5.41, 5.74) is 0.935. The van der Waals surface area contributed by atoms with Gasteiger partial charge in [-0.25, -0.2) is 4.79 Å². The number of amides is 1. The van der Waals surface area contributed by atoms with Crippen LogP contribution in [-0.4, -0.2) is 26.9 Å². The van der Waals surface area contributed by atoms with Crippen molar-refractivity contribution in [2.45, 2.75) is 12.5 Å². The predicted octanol–water partition coefficient (Wildman–Crippen LogP) is 1.87. The number of carbonyl (C=O) groups is 1. The number of alkyl carbamates (subject to hydrolysis) is 1. The molecule has 1 atom stereocenters. The van der Waals surface area contributed by atoms with Crippen molar-refractivity contribution in [2.75, 3.05) is 20.8 Å². The quantitative estimate of drug-likeness (QED) is 0.872. The van der Waals surface area contributed by atoms with Gasteiger partial charge in [-0.15, -0.1) is 0 Å². The first-order valence-corrected chi connectivity index (χ1v) is 5.40. The van der Waals surface area contributed by atoms with Crippen LogP contribution >= 0.6 is 0 Å². The van der Waals surface area contributed by atoms with Crippen molar-refractivity contribution in [3.05, 3.63) is 23.8 Å². The van der Waals surface area contributed by atoms with Gasteiger partial charge >= 0.3 is 6.09 Å². The zero-order chi connectivity index (χ0) is 12.3. The van der Waals surface area contributed by atoms with Gasteiger partial charge in [0.15, 0.2) is 0 Å². The number of carbonyl (C=O) groups excluding carboxylic acids is 1. The predicted molar refractivity (Wildman–Crippen MR) is 61.4 cm³/mol. The minimum absolute atomic E-state index is 0.0721. The molecule has 0 spiro atoms. The van der Waals surface area contributed by atoms with E-state index in [1.165, 1.54) is 0 Å². The van der Waals surface area contributed by atoms with Crippen LogP contribution in [0, 0.1) is 0 Å². The summed E-state index contributed by atoms with van der Waals surface area (Å²) in [5, 5.41) is 2.76. The molecule has 0 aliphatic carbocycles. The zero-order valence-corrected chi connectivity index (χ0v) is 9.86. The van der Waals surface area contributed by atoms with Crippen molar-refractivity contribution >= 4 is 6.09 Å². The standard InChI is InChI=1S/C12H15NO4/c1-15-8-3-4-9(11(7-8)16-2)10-5-6-17-12(14)13-10/h3-4,7,10H,5-6H2,1-2H3,(H,13,14)/t10-/m0/s1. The number of cyclic esters (lactones) is 1. The molecule has 1 aromatic carbocycles. The molecule has 1 heterocycles. The van der Waals surface area contributed by atoms with Crippen LogP contribution in [0.1, 0.15) is 18.0 Å². The molecule has 1 amide bonds. The second-order valence-electron chi connectivity index (χ2n) is 3.73. The van der Waals surface area contributed by atoms with Gasteiger partial charge in [-0.3, -0.25) is 0 Å². The number of methoxy groups -OCH3 is 2. The Morgan fingerprint density at radius 2 is 2.18 bits per heavy atom. The summed E-state index contributed by atoms with van der Waals surface area (Å²) in [4.78, 5) is 11.2.